The van der Waals surface area contributed by atoms with Crippen molar-refractivity contribution in [1.29, 1.82) is 0 Å². The lowest BCUT2D eigenvalue weighted by molar-refractivity contribution is 0.100. The number of carbonyl (C=O) groups excluding carboxylic acids is 1. The lowest BCUT2D eigenvalue weighted by Crippen LogP contribution is -2.10. The van der Waals surface area contributed by atoms with Crippen LogP contribution in [-0.2, 0) is 6.42 Å². The van der Waals surface area contributed by atoms with Gasteiger partial charge in [0.1, 0.15) is 23.6 Å². The summed E-state index contributed by atoms with van der Waals surface area (Å²) in [5, 5.41) is 4.07. The SMILES string of the molecule is Cc1onc(-c2cccc(F)c2)c1-c1cn(C#CCc2ccc(C(N)=O)cc2)cn1. The number of nitrogens with two attached hydrogens (primary N) is 1. The lowest BCUT2D eigenvalue weighted by Gasteiger charge is -2.00. The van der Waals surface area contributed by atoms with Gasteiger partial charge in [-0.05, 0) is 36.8 Å². The summed E-state index contributed by atoms with van der Waals surface area (Å²) in [7, 11) is 0. The van der Waals surface area contributed by atoms with Crippen LogP contribution >= 0.6 is 0 Å². The molecular formula is C23H17FN4O2. The normalized spacial score (nSPS) is 10.5. The predicted molar refractivity (Wildman–Crippen MR) is 110 cm³/mol. The van der Waals surface area contributed by atoms with Gasteiger partial charge in [-0.15, -0.1) is 0 Å². The second-order valence-corrected chi connectivity index (χ2v) is 6.67. The Morgan fingerprint density at radius 2 is 2.03 bits per heavy atom. The summed E-state index contributed by atoms with van der Waals surface area (Å²) in [6.45, 7) is 1.78. The molecule has 2 N–H and O–H groups in total. The predicted octanol–water partition coefficient (Wildman–Crippen LogP) is 3.80. The molecule has 4 aromatic rings. The zero-order chi connectivity index (χ0) is 21.1. The molecule has 0 unspecified atom stereocenters. The summed E-state index contributed by atoms with van der Waals surface area (Å²) in [4.78, 5) is 15.5. The molecule has 30 heavy (non-hydrogen) atoms. The molecule has 148 valence electrons. The van der Waals surface area contributed by atoms with Gasteiger partial charge in [-0.2, -0.15) is 0 Å². The Balaban J connectivity index is 1.55. The maximum Gasteiger partial charge on any atom is 0.248 e. The minimum absolute atomic E-state index is 0.348. The number of amides is 1. The Bertz CT molecular complexity index is 1280. The highest BCUT2D eigenvalue weighted by Gasteiger charge is 2.19. The zero-order valence-corrected chi connectivity index (χ0v) is 16.1. The second kappa shape index (κ2) is 8.05. The highest BCUT2D eigenvalue weighted by molar-refractivity contribution is 5.92. The van der Waals surface area contributed by atoms with Crippen molar-refractivity contribution in [2.75, 3.05) is 0 Å². The number of carbonyl (C=O) groups is 1. The summed E-state index contributed by atoms with van der Waals surface area (Å²) >= 11 is 0. The largest absolute Gasteiger partial charge is 0.366 e. The summed E-state index contributed by atoms with van der Waals surface area (Å²) in [6, 6.07) is 16.2. The lowest BCUT2D eigenvalue weighted by atomic mass is 10.0. The van der Waals surface area contributed by atoms with E-state index >= 15 is 0 Å². The second-order valence-electron chi connectivity index (χ2n) is 6.67. The molecule has 0 bridgehead atoms. The van der Waals surface area contributed by atoms with Crippen LogP contribution < -0.4 is 5.73 Å². The first kappa shape index (κ1) is 19.2. The van der Waals surface area contributed by atoms with E-state index in [0.717, 1.165) is 5.56 Å². The molecule has 2 aromatic carbocycles. The molecule has 0 atom stereocenters. The number of aryl methyl sites for hydroxylation is 1. The molecule has 6 nitrogen and oxygen atoms in total. The average molecular weight is 400 g/mol. The molecule has 0 radical (unpaired) electrons. The van der Waals surface area contributed by atoms with E-state index in [4.69, 9.17) is 10.3 Å². The van der Waals surface area contributed by atoms with Crippen molar-refractivity contribution in [2.45, 2.75) is 13.3 Å². The van der Waals surface area contributed by atoms with Crippen molar-refractivity contribution in [3.8, 4) is 34.5 Å². The summed E-state index contributed by atoms with van der Waals surface area (Å²) in [5.41, 5.74) is 9.14. The minimum atomic E-state index is -0.458. The molecular weight excluding hydrogens is 383 g/mol. The molecule has 0 saturated carbocycles. The summed E-state index contributed by atoms with van der Waals surface area (Å²) in [6.07, 6.45) is 3.87. The number of hydrogen-bond acceptors (Lipinski definition) is 4. The molecule has 0 saturated heterocycles. The summed E-state index contributed by atoms with van der Waals surface area (Å²) in [5.74, 6) is 2.84. The Kier molecular flexibility index (Phi) is 5.14. The Morgan fingerprint density at radius 1 is 1.23 bits per heavy atom. The van der Waals surface area contributed by atoms with Crippen molar-refractivity contribution in [2.24, 2.45) is 5.73 Å². The van der Waals surface area contributed by atoms with Gasteiger partial charge in [0, 0.05) is 29.8 Å². The average Bonchev–Trinajstić information content (AvgIpc) is 3.34. The van der Waals surface area contributed by atoms with Gasteiger partial charge in [-0.25, -0.2) is 9.37 Å². The Labute approximate surface area is 172 Å². The van der Waals surface area contributed by atoms with E-state index < -0.39 is 5.91 Å². The third kappa shape index (κ3) is 3.98. The van der Waals surface area contributed by atoms with E-state index in [-0.39, 0.29) is 5.82 Å². The highest BCUT2D eigenvalue weighted by atomic mass is 19.1. The number of halogens is 1. The molecule has 0 aliphatic rings. The van der Waals surface area contributed by atoms with Gasteiger partial charge in [-0.3, -0.25) is 9.36 Å². The van der Waals surface area contributed by atoms with Crippen molar-refractivity contribution < 1.29 is 13.7 Å². The number of nitrogens with zero attached hydrogens (tertiary/aromatic N) is 3. The monoisotopic (exact) mass is 400 g/mol. The van der Waals surface area contributed by atoms with Crippen LogP contribution in [0.3, 0.4) is 0 Å². The van der Waals surface area contributed by atoms with Gasteiger partial charge in [-0.1, -0.05) is 35.3 Å². The van der Waals surface area contributed by atoms with Crippen LogP contribution in [0.2, 0.25) is 0 Å². The molecule has 2 aromatic heterocycles. The van der Waals surface area contributed by atoms with Gasteiger partial charge in [0.2, 0.25) is 5.91 Å². The van der Waals surface area contributed by atoms with Gasteiger partial charge in [0.05, 0.1) is 11.3 Å². The Morgan fingerprint density at radius 3 is 2.77 bits per heavy atom. The number of imidazole rings is 1. The molecule has 2 heterocycles. The number of benzene rings is 2. The van der Waals surface area contributed by atoms with Gasteiger partial charge in [0.25, 0.3) is 0 Å². The number of rotatable bonds is 4. The number of hydrogen-bond donors (Lipinski definition) is 1. The van der Waals surface area contributed by atoms with Crippen LogP contribution in [0, 0.1) is 24.7 Å². The van der Waals surface area contributed by atoms with Crippen molar-refractivity contribution in [3.05, 3.63) is 83.8 Å². The third-order valence-electron chi connectivity index (χ3n) is 4.54. The van der Waals surface area contributed by atoms with Gasteiger partial charge in [0.15, 0.2) is 0 Å². The van der Waals surface area contributed by atoms with Crippen LogP contribution in [0.1, 0.15) is 21.7 Å². The number of primary amides is 1. The van der Waals surface area contributed by atoms with E-state index in [1.807, 2.05) is 12.1 Å². The quantitative estimate of drug-likeness (QED) is 0.528. The minimum Gasteiger partial charge on any atom is -0.366 e. The fourth-order valence-corrected chi connectivity index (χ4v) is 3.04. The standard InChI is InChI=1S/C23H17FN4O2/c1-15-21(22(27-30-15)18-5-2-6-19(24)12-18)20-13-28(14-26-20)11-3-4-16-7-9-17(10-8-16)23(25)29/h2,5-10,12-14H,4H2,1H3,(H2,25,29). The Hall–Kier alpha value is -4.18. The molecule has 1 amide bonds. The maximum absolute atomic E-state index is 13.6. The first-order valence-corrected chi connectivity index (χ1v) is 9.15. The molecule has 7 heteroatoms. The fourth-order valence-electron chi connectivity index (χ4n) is 3.04. The van der Waals surface area contributed by atoms with Crippen LogP contribution in [0.4, 0.5) is 4.39 Å². The molecule has 4 rings (SSSR count). The fraction of sp³-hybridized carbons (Fsp3) is 0.0870. The van der Waals surface area contributed by atoms with Crippen molar-refractivity contribution in [3.63, 3.8) is 0 Å². The van der Waals surface area contributed by atoms with Crippen molar-refractivity contribution in [1.82, 2.24) is 14.7 Å². The zero-order valence-electron chi connectivity index (χ0n) is 16.1. The highest BCUT2D eigenvalue weighted by Crippen LogP contribution is 2.33. The van der Waals surface area contributed by atoms with Crippen LogP contribution in [-0.4, -0.2) is 20.6 Å². The van der Waals surface area contributed by atoms with E-state index in [0.29, 0.717) is 40.3 Å². The molecule has 0 aliphatic heterocycles. The third-order valence-corrected chi connectivity index (χ3v) is 4.54. The van der Waals surface area contributed by atoms with Crippen molar-refractivity contribution >= 4 is 5.91 Å². The number of aromatic nitrogens is 3. The van der Waals surface area contributed by atoms with E-state index in [2.05, 4.69) is 22.1 Å². The van der Waals surface area contributed by atoms with Crippen LogP contribution in [0.15, 0.2) is 65.6 Å². The van der Waals surface area contributed by atoms with Crippen LogP contribution in [0.5, 0.6) is 0 Å². The first-order chi connectivity index (χ1) is 14.5. The van der Waals surface area contributed by atoms with E-state index in [9.17, 15) is 9.18 Å². The topological polar surface area (TPSA) is 86.9 Å². The molecule has 0 spiro atoms. The van der Waals surface area contributed by atoms with E-state index in [1.165, 1.54) is 12.1 Å². The molecule has 0 fully saturated rings. The van der Waals surface area contributed by atoms with Gasteiger partial charge >= 0.3 is 0 Å². The van der Waals surface area contributed by atoms with Gasteiger partial charge < -0.3 is 10.3 Å². The molecule has 0 aliphatic carbocycles. The summed E-state index contributed by atoms with van der Waals surface area (Å²) < 4.78 is 20.6. The van der Waals surface area contributed by atoms with E-state index in [1.54, 1.807) is 48.3 Å². The first-order valence-electron chi connectivity index (χ1n) is 9.15. The smallest absolute Gasteiger partial charge is 0.248 e. The maximum atomic E-state index is 13.6. The van der Waals surface area contributed by atoms with Crippen LogP contribution in [0.25, 0.3) is 22.5 Å².